The number of hydrogen-bond donors (Lipinski definition) is 0. The summed E-state index contributed by atoms with van der Waals surface area (Å²) in [5, 5.41) is 0. The maximum absolute atomic E-state index is 12.1. The number of esters is 1. The molecule has 2 aromatic rings. The monoisotopic (exact) mass is 364 g/mol. The van der Waals surface area contributed by atoms with Gasteiger partial charge in [-0.1, -0.05) is 24.7 Å². The molecule has 0 saturated carbocycles. The molecule has 0 atom stereocenters. The lowest BCUT2D eigenvalue weighted by Gasteiger charge is -2.18. The van der Waals surface area contributed by atoms with Gasteiger partial charge in [-0.2, -0.15) is 4.99 Å². The summed E-state index contributed by atoms with van der Waals surface area (Å²) in [5.74, 6) is 0.689. The Kier molecular flexibility index (Phi) is 5.37. The Hall–Kier alpha value is -2.35. The van der Waals surface area contributed by atoms with E-state index in [1.165, 1.54) is 18.4 Å². The molecule has 0 aliphatic carbocycles. The fraction of sp³-hybridized carbons (Fsp3) is 0.471. The topological polar surface area (TPSA) is 79.1 Å². The summed E-state index contributed by atoms with van der Waals surface area (Å²) >= 11 is 1.34. The average Bonchev–Trinajstić information content (AvgIpc) is 2.94. The van der Waals surface area contributed by atoms with Crippen molar-refractivity contribution in [2.75, 3.05) is 20.3 Å². The number of amides is 1. The average molecular weight is 364 g/mol. The molecule has 8 heteroatoms. The van der Waals surface area contributed by atoms with E-state index in [0.717, 1.165) is 23.1 Å². The van der Waals surface area contributed by atoms with Gasteiger partial charge in [0.05, 0.1) is 17.3 Å². The summed E-state index contributed by atoms with van der Waals surface area (Å²) in [7, 11) is 1.33. The molecule has 0 fully saturated rings. The van der Waals surface area contributed by atoms with Crippen LogP contribution in [-0.4, -0.2) is 36.8 Å². The smallest absolute Gasteiger partial charge is 0.325 e. The van der Waals surface area contributed by atoms with Gasteiger partial charge in [0.25, 0.3) is 0 Å². The highest BCUT2D eigenvalue weighted by atomic mass is 32.1. The maximum atomic E-state index is 12.1. The molecule has 1 aliphatic heterocycles. The molecule has 0 spiro atoms. The van der Waals surface area contributed by atoms with E-state index in [9.17, 15) is 9.59 Å². The van der Waals surface area contributed by atoms with E-state index < -0.39 is 5.97 Å². The lowest BCUT2D eigenvalue weighted by Crippen LogP contribution is -2.22. The predicted molar refractivity (Wildman–Crippen MR) is 92.9 cm³/mol. The largest absolute Gasteiger partial charge is 0.486 e. The van der Waals surface area contributed by atoms with Crippen LogP contribution in [0.4, 0.5) is 0 Å². The van der Waals surface area contributed by atoms with Gasteiger partial charge in [0, 0.05) is 18.6 Å². The summed E-state index contributed by atoms with van der Waals surface area (Å²) in [4.78, 5) is 28.6. The Morgan fingerprint density at radius 2 is 2.00 bits per heavy atom. The van der Waals surface area contributed by atoms with Gasteiger partial charge in [-0.15, -0.1) is 0 Å². The van der Waals surface area contributed by atoms with Gasteiger partial charge in [-0.25, -0.2) is 0 Å². The van der Waals surface area contributed by atoms with E-state index in [1.807, 2.05) is 19.1 Å². The molecule has 0 saturated heterocycles. The van der Waals surface area contributed by atoms with Gasteiger partial charge in [-0.05, 0) is 6.42 Å². The predicted octanol–water partition coefficient (Wildman–Crippen LogP) is 2.26. The number of nitrogens with zero attached hydrogens (tertiary/aromatic N) is 2. The molecule has 3 rings (SSSR count). The van der Waals surface area contributed by atoms with Crippen LogP contribution in [0.25, 0.3) is 10.2 Å². The number of thiazole rings is 1. The van der Waals surface area contributed by atoms with Crippen molar-refractivity contribution in [2.24, 2.45) is 4.99 Å². The van der Waals surface area contributed by atoms with Crippen molar-refractivity contribution in [2.45, 2.75) is 32.7 Å². The van der Waals surface area contributed by atoms with Crippen molar-refractivity contribution in [1.82, 2.24) is 4.57 Å². The second-order valence-corrected chi connectivity index (χ2v) is 6.63. The molecule has 0 unspecified atom stereocenters. The van der Waals surface area contributed by atoms with E-state index in [-0.39, 0.29) is 12.5 Å². The zero-order chi connectivity index (χ0) is 17.8. The Morgan fingerprint density at radius 3 is 2.68 bits per heavy atom. The van der Waals surface area contributed by atoms with E-state index in [1.54, 1.807) is 4.57 Å². The summed E-state index contributed by atoms with van der Waals surface area (Å²) in [5.41, 5.74) is 0.765. The molecule has 1 aromatic carbocycles. The fourth-order valence-electron chi connectivity index (χ4n) is 2.53. The van der Waals surface area contributed by atoms with E-state index in [2.05, 4.69) is 4.99 Å². The molecule has 25 heavy (non-hydrogen) atoms. The normalized spacial score (nSPS) is 13.9. The number of carbonyl (C=O) groups excluding carboxylic acids is 2. The van der Waals surface area contributed by atoms with Gasteiger partial charge < -0.3 is 18.8 Å². The number of hydrogen-bond acceptors (Lipinski definition) is 6. The van der Waals surface area contributed by atoms with Crippen molar-refractivity contribution in [3.05, 3.63) is 16.9 Å². The first-order valence-electron chi connectivity index (χ1n) is 8.19. The minimum atomic E-state index is -0.406. The Balaban J connectivity index is 2.10. The van der Waals surface area contributed by atoms with Crippen LogP contribution >= 0.6 is 11.3 Å². The van der Waals surface area contributed by atoms with Gasteiger partial charge in [0.1, 0.15) is 19.8 Å². The standard InChI is InChI=1S/C17H20N2O5S/c1-3-4-5-15(20)18-17-19(10-16(21)22-2)11-8-12-13(9-14(11)25-17)24-7-6-23-12/h8-9H,3-7,10H2,1-2H3. The van der Waals surface area contributed by atoms with Crippen LogP contribution in [-0.2, 0) is 20.9 Å². The van der Waals surface area contributed by atoms with E-state index in [4.69, 9.17) is 14.2 Å². The van der Waals surface area contributed by atoms with E-state index in [0.29, 0.717) is 35.9 Å². The number of rotatable bonds is 5. The molecule has 7 nitrogen and oxygen atoms in total. The lowest BCUT2D eigenvalue weighted by atomic mass is 10.2. The van der Waals surface area contributed by atoms with Crippen molar-refractivity contribution in [3.8, 4) is 11.5 Å². The molecular formula is C17H20N2O5S. The second kappa shape index (κ2) is 7.69. The maximum Gasteiger partial charge on any atom is 0.325 e. The molecule has 1 aromatic heterocycles. The highest BCUT2D eigenvalue weighted by Gasteiger charge is 2.18. The number of benzene rings is 1. The molecule has 0 radical (unpaired) electrons. The highest BCUT2D eigenvalue weighted by Crippen LogP contribution is 2.35. The molecule has 1 amide bonds. The molecular weight excluding hydrogens is 344 g/mol. The minimum Gasteiger partial charge on any atom is -0.486 e. The van der Waals surface area contributed by atoms with Gasteiger partial charge in [-0.3, -0.25) is 9.59 Å². The Bertz CT molecular complexity index is 868. The summed E-state index contributed by atoms with van der Waals surface area (Å²) in [6.45, 7) is 2.98. The van der Waals surface area contributed by atoms with E-state index >= 15 is 0 Å². The van der Waals surface area contributed by atoms with Crippen molar-refractivity contribution >= 4 is 33.4 Å². The number of fused-ring (bicyclic) bond motifs is 2. The summed E-state index contributed by atoms with van der Waals surface area (Å²) in [6.07, 6.45) is 2.11. The molecule has 134 valence electrons. The second-order valence-electron chi connectivity index (χ2n) is 5.62. The molecule has 0 N–H and O–H groups in total. The van der Waals surface area contributed by atoms with Crippen LogP contribution in [0.1, 0.15) is 26.2 Å². The third kappa shape index (κ3) is 3.84. The first kappa shape index (κ1) is 17.5. The zero-order valence-corrected chi connectivity index (χ0v) is 15.1. The summed E-state index contributed by atoms with van der Waals surface area (Å²) in [6, 6.07) is 3.68. The number of ether oxygens (including phenoxy) is 3. The van der Waals surface area contributed by atoms with Gasteiger partial charge >= 0.3 is 5.97 Å². The minimum absolute atomic E-state index is 0.0178. The molecule has 0 bridgehead atoms. The first-order chi connectivity index (χ1) is 12.1. The van der Waals surface area contributed by atoms with Crippen molar-refractivity contribution in [1.29, 1.82) is 0 Å². The highest BCUT2D eigenvalue weighted by molar-refractivity contribution is 7.16. The van der Waals surface area contributed by atoms with Crippen molar-refractivity contribution < 1.29 is 23.8 Å². The number of unbranched alkanes of at least 4 members (excludes halogenated alkanes) is 1. The quantitative estimate of drug-likeness (QED) is 0.761. The van der Waals surface area contributed by atoms with Crippen LogP contribution < -0.4 is 14.3 Å². The third-order valence-corrected chi connectivity index (χ3v) is 4.87. The lowest BCUT2D eigenvalue weighted by molar-refractivity contribution is -0.141. The third-order valence-electron chi connectivity index (χ3n) is 3.83. The zero-order valence-electron chi connectivity index (χ0n) is 14.2. The summed E-state index contributed by atoms with van der Waals surface area (Å²) < 4.78 is 18.5. The Labute approximate surface area is 148 Å². The number of carbonyl (C=O) groups is 2. The number of methoxy groups -OCH3 is 1. The first-order valence-corrected chi connectivity index (χ1v) is 9.01. The SMILES string of the molecule is CCCCC(=O)N=c1sc2cc3c(cc2n1CC(=O)OC)OCCO3. The molecule has 2 heterocycles. The Morgan fingerprint density at radius 1 is 1.28 bits per heavy atom. The van der Waals surface area contributed by atoms with Gasteiger partial charge in [0.15, 0.2) is 16.3 Å². The van der Waals surface area contributed by atoms with Crippen LogP contribution in [0.3, 0.4) is 0 Å². The number of aromatic nitrogens is 1. The van der Waals surface area contributed by atoms with Crippen LogP contribution in [0.15, 0.2) is 17.1 Å². The van der Waals surface area contributed by atoms with Crippen LogP contribution in [0.5, 0.6) is 11.5 Å². The van der Waals surface area contributed by atoms with Crippen molar-refractivity contribution in [3.63, 3.8) is 0 Å². The van der Waals surface area contributed by atoms with Gasteiger partial charge in [0.2, 0.25) is 5.91 Å². The van der Waals surface area contributed by atoms with Crippen LogP contribution in [0.2, 0.25) is 0 Å². The fourth-order valence-corrected chi connectivity index (χ4v) is 3.59. The molecule has 1 aliphatic rings. The van der Waals surface area contributed by atoms with Crippen LogP contribution in [0, 0.1) is 0 Å².